The van der Waals surface area contributed by atoms with E-state index < -0.39 is 0 Å². The van der Waals surface area contributed by atoms with Crippen LogP contribution in [0.15, 0.2) is 89.7 Å². The van der Waals surface area contributed by atoms with Crippen LogP contribution in [0, 0.1) is 6.92 Å². The molecule has 148 valence electrons. The van der Waals surface area contributed by atoms with Crippen LogP contribution < -0.4 is 10.3 Å². The van der Waals surface area contributed by atoms with Crippen molar-refractivity contribution < 1.29 is 4.74 Å². The van der Waals surface area contributed by atoms with Gasteiger partial charge in [0.2, 0.25) is 0 Å². The van der Waals surface area contributed by atoms with Crippen molar-refractivity contribution in [2.75, 3.05) is 0 Å². The Hall–Kier alpha value is -3.92. The van der Waals surface area contributed by atoms with Gasteiger partial charge in [0.05, 0.1) is 11.3 Å². The Morgan fingerprint density at radius 1 is 0.867 bits per heavy atom. The first-order valence-electron chi connectivity index (χ1n) is 9.81. The summed E-state index contributed by atoms with van der Waals surface area (Å²) in [5.41, 5.74) is 4.77. The van der Waals surface area contributed by atoms with Crippen molar-refractivity contribution in [3.63, 3.8) is 0 Å². The van der Waals surface area contributed by atoms with Crippen LogP contribution in [0.25, 0.3) is 23.3 Å². The highest BCUT2D eigenvalue weighted by Gasteiger charge is 2.16. The summed E-state index contributed by atoms with van der Waals surface area (Å²) in [6.07, 6.45) is 3.77. The maximum atomic E-state index is 12.7. The zero-order chi connectivity index (χ0) is 20.8. The lowest BCUT2D eigenvalue weighted by molar-refractivity contribution is 0.307. The summed E-state index contributed by atoms with van der Waals surface area (Å²) in [6.45, 7) is 2.34. The number of nitrogens with zero attached hydrogens (tertiary/aromatic N) is 1. The number of benzene rings is 3. The molecule has 30 heavy (non-hydrogen) atoms. The molecule has 4 rings (SSSR count). The first-order chi connectivity index (χ1) is 14.7. The number of aromatic amines is 1. The number of hydrogen-bond acceptors (Lipinski definition) is 3. The molecule has 0 unspecified atom stereocenters. The SMILES string of the molecule is Cc1n[nH]c(=O)c(C=Cc2ccccc2)c1-c1ccccc1OCc1ccccc1. The molecule has 1 N–H and O–H groups in total. The molecule has 0 aliphatic heterocycles. The van der Waals surface area contributed by atoms with Crippen molar-refractivity contribution in [3.8, 4) is 16.9 Å². The molecular formula is C26H22N2O2. The second kappa shape index (κ2) is 9.05. The van der Waals surface area contributed by atoms with Crippen LogP contribution in [-0.2, 0) is 6.61 Å². The van der Waals surface area contributed by atoms with Crippen LogP contribution in [0.3, 0.4) is 0 Å². The van der Waals surface area contributed by atoms with Crippen molar-refractivity contribution in [2.24, 2.45) is 0 Å². The Kier molecular flexibility index (Phi) is 5.85. The number of H-pyrrole nitrogens is 1. The number of hydrogen-bond donors (Lipinski definition) is 1. The fraction of sp³-hybridized carbons (Fsp3) is 0.0769. The molecule has 3 aromatic carbocycles. The minimum Gasteiger partial charge on any atom is -0.488 e. The fourth-order valence-electron chi connectivity index (χ4n) is 3.34. The summed E-state index contributed by atoms with van der Waals surface area (Å²) >= 11 is 0. The molecule has 0 spiro atoms. The summed E-state index contributed by atoms with van der Waals surface area (Å²) in [7, 11) is 0. The van der Waals surface area contributed by atoms with E-state index in [0.717, 1.165) is 27.9 Å². The standard InChI is InChI=1S/C26H22N2O2/c1-19-25(23(26(29)28-27-19)17-16-20-10-4-2-5-11-20)22-14-8-9-15-24(22)30-18-21-12-6-3-7-13-21/h2-17H,18H2,1H3,(H,28,29). The van der Waals surface area contributed by atoms with E-state index in [1.54, 1.807) is 0 Å². The van der Waals surface area contributed by atoms with Gasteiger partial charge in [0.1, 0.15) is 12.4 Å². The van der Waals surface area contributed by atoms with Gasteiger partial charge in [-0.2, -0.15) is 5.10 Å². The zero-order valence-corrected chi connectivity index (χ0v) is 16.7. The van der Waals surface area contributed by atoms with Gasteiger partial charge in [-0.15, -0.1) is 0 Å². The summed E-state index contributed by atoms with van der Waals surface area (Å²) in [5.74, 6) is 0.714. The highest BCUT2D eigenvalue weighted by Crippen LogP contribution is 2.34. The third-order valence-corrected chi connectivity index (χ3v) is 4.84. The van der Waals surface area contributed by atoms with Gasteiger partial charge in [0.25, 0.3) is 5.56 Å². The topological polar surface area (TPSA) is 55.0 Å². The van der Waals surface area contributed by atoms with Crippen molar-refractivity contribution in [1.29, 1.82) is 0 Å². The lowest BCUT2D eigenvalue weighted by atomic mass is 9.98. The average molecular weight is 394 g/mol. The number of para-hydroxylation sites is 1. The Balaban J connectivity index is 1.75. The van der Waals surface area contributed by atoms with Gasteiger partial charge in [0.15, 0.2) is 0 Å². The number of rotatable bonds is 6. The predicted octanol–water partition coefficient (Wildman–Crippen LogP) is 5.49. The molecule has 0 aliphatic carbocycles. The highest BCUT2D eigenvalue weighted by atomic mass is 16.5. The van der Waals surface area contributed by atoms with Crippen molar-refractivity contribution in [3.05, 3.63) is 118 Å². The summed E-state index contributed by atoms with van der Waals surface area (Å²) in [5, 5.41) is 6.80. The quantitative estimate of drug-likeness (QED) is 0.470. The second-order valence-corrected chi connectivity index (χ2v) is 6.94. The van der Waals surface area contributed by atoms with E-state index in [0.29, 0.717) is 17.9 Å². The third kappa shape index (κ3) is 4.39. The molecule has 0 atom stereocenters. The van der Waals surface area contributed by atoms with Gasteiger partial charge in [0, 0.05) is 11.1 Å². The van der Waals surface area contributed by atoms with E-state index in [2.05, 4.69) is 10.2 Å². The van der Waals surface area contributed by atoms with Crippen LogP contribution in [0.4, 0.5) is 0 Å². The molecule has 0 aliphatic rings. The van der Waals surface area contributed by atoms with Crippen molar-refractivity contribution in [1.82, 2.24) is 10.2 Å². The van der Waals surface area contributed by atoms with Crippen molar-refractivity contribution >= 4 is 12.2 Å². The number of aryl methyl sites for hydroxylation is 1. The van der Waals surface area contributed by atoms with Crippen LogP contribution in [0.5, 0.6) is 5.75 Å². The van der Waals surface area contributed by atoms with E-state index in [1.165, 1.54) is 0 Å². The van der Waals surface area contributed by atoms with Crippen molar-refractivity contribution in [2.45, 2.75) is 13.5 Å². The molecule has 1 aromatic heterocycles. The lowest BCUT2D eigenvalue weighted by Gasteiger charge is -2.14. The maximum absolute atomic E-state index is 12.7. The Bertz CT molecular complexity index is 1210. The Labute approximate surface area is 175 Å². The first-order valence-corrected chi connectivity index (χ1v) is 9.81. The molecule has 4 heteroatoms. The van der Waals surface area contributed by atoms with Gasteiger partial charge >= 0.3 is 0 Å². The lowest BCUT2D eigenvalue weighted by Crippen LogP contribution is -2.15. The van der Waals surface area contributed by atoms with E-state index in [1.807, 2.05) is 104 Å². The molecule has 1 heterocycles. The fourth-order valence-corrected chi connectivity index (χ4v) is 3.34. The Morgan fingerprint density at radius 2 is 1.53 bits per heavy atom. The zero-order valence-electron chi connectivity index (χ0n) is 16.7. The monoisotopic (exact) mass is 394 g/mol. The summed E-state index contributed by atoms with van der Waals surface area (Å²) in [6, 6.07) is 27.6. The van der Waals surface area contributed by atoms with E-state index in [-0.39, 0.29) is 5.56 Å². The molecular weight excluding hydrogens is 372 g/mol. The minimum atomic E-state index is -0.236. The average Bonchev–Trinajstić information content (AvgIpc) is 2.80. The molecule has 0 saturated carbocycles. The summed E-state index contributed by atoms with van der Waals surface area (Å²) in [4.78, 5) is 12.7. The van der Waals surface area contributed by atoms with Gasteiger partial charge in [-0.3, -0.25) is 4.79 Å². The Morgan fingerprint density at radius 3 is 2.30 bits per heavy atom. The van der Waals surface area contributed by atoms with E-state index in [9.17, 15) is 4.79 Å². The molecule has 0 radical (unpaired) electrons. The van der Waals surface area contributed by atoms with Gasteiger partial charge < -0.3 is 4.74 Å². The van der Waals surface area contributed by atoms with E-state index >= 15 is 0 Å². The largest absolute Gasteiger partial charge is 0.488 e. The molecule has 0 fully saturated rings. The number of ether oxygens (including phenoxy) is 1. The molecule has 0 bridgehead atoms. The maximum Gasteiger partial charge on any atom is 0.272 e. The second-order valence-electron chi connectivity index (χ2n) is 6.94. The van der Waals surface area contributed by atoms with Crippen LogP contribution in [-0.4, -0.2) is 10.2 Å². The predicted molar refractivity (Wildman–Crippen MR) is 121 cm³/mol. The number of aromatic nitrogens is 2. The molecule has 0 amide bonds. The van der Waals surface area contributed by atoms with Crippen LogP contribution >= 0.6 is 0 Å². The molecule has 0 saturated heterocycles. The van der Waals surface area contributed by atoms with Gasteiger partial charge in [-0.1, -0.05) is 84.9 Å². The third-order valence-electron chi connectivity index (χ3n) is 4.84. The molecule has 4 nitrogen and oxygen atoms in total. The van der Waals surface area contributed by atoms with Crippen LogP contribution in [0.2, 0.25) is 0 Å². The van der Waals surface area contributed by atoms with Crippen LogP contribution in [0.1, 0.15) is 22.4 Å². The normalized spacial score (nSPS) is 11.0. The number of nitrogens with one attached hydrogen (secondary N) is 1. The molecule has 4 aromatic rings. The first kappa shape index (κ1) is 19.4. The smallest absolute Gasteiger partial charge is 0.272 e. The highest BCUT2D eigenvalue weighted by molar-refractivity contribution is 5.84. The summed E-state index contributed by atoms with van der Waals surface area (Å²) < 4.78 is 6.13. The van der Waals surface area contributed by atoms with Gasteiger partial charge in [-0.25, -0.2) is 5.10 Å². The minimum absolute atomic E-state index is 0.236. The van der Waals surface area contributed by atoms with Gasteiger partial charge in [-0.05, 0) is 30.2 Å². The van der Waals surface area contributed by atoms with E-state index in [4.69, 9.17) is 4.74 Å².